The van der Waals surface area contributed by atoms with Gasteiger partial charge in [0.25, 0.3) is 0 Å². The van der Waals surface area contributed by atoms with Gasteiger partial charge in [-0.15, -0.1) is 0 Å². The Balaban J connectivity index is 2.46. The Kier molecular flexibility index (Phi) is 4.47. The molecule has 0 fully saturated rings. The minimum atomic E-state index is 0.0489. The molecule has 1 heterocycles. The highest BCUT2D eigenvalue weighted by Gasteiger charge is 2.16. The number of hydrogen-bond acceptors (Lipinski definition) is 3. The minimum Gasteiger partial charge on any atom is -0.308 e. The lowest BCUT2D eigenvalue weighted by molar-refractivity contribution is 0.664. The highest BCUT2D eigenvalue weighted by Crippen LogP contribution is 2.28. The predicted molar refractivity (Wildman–Crippen MR) is 79.8 cm³/mol. The first kappa shape index (κ1) is 12.9. The molecule has 88 valence electrons. The van der Waals surface area contributed by atoms with Gasteiger partial charge in [0, 0.05) is 20.4 Å². The van der Waals surface area contributed by atoms with Crippen LogP contribution in [0.2, 0.25) is 0 Å². The molecule has 1 aromatic heterocycles. The van der Waals surface area contributed by atoms with Gasteiger partial charge in [-0.2, -0.15) is 0 Å². The van der Waals surface area contributed by atoms with Crippen LogP contribution in [0.5, 0.6) is 0 Å². The van der Waals surface area contributed by atoms with Gasteiger partial charge in [0.15, 0.2) is 0 Å². The van der Waals surface area contributed by atoms with Crippen LogP contribution in [-0.2, 0) is 0 Å². The van der Waals surface area contributed by atoms with Gasteiger partial charge in [-0.05, 0) is 53.4 Å². The van der Waals surface area contributed by atoms with Crippen molar-refractivity contribution in [2.45, 2.75) is 6.04 Å². The normalized spacial score (nSPS) is 12.4. The van der Waals surface area contributed by atoms with E-state index in [2.05, 4.69) is 72.0 Å². The summed E-state index contributed by atoms with van der Waals surface area (Å²) in [6.07, 6.45) is 5.18. The van der Waals surface area contributed by atoms with Crippen LogP contribution in [0.1, 0.15) is 17.3 Å². The first-order chi connectivity index (χ1) is 8.22. The van der Waals surface area contributed by atoms with Crippen LogP contribution in [0.25, 0.3) is 0 Å². The van der Waals surface area contributed by atoms with E-state index in [1.165, 1.54) is 9.13 Å². The number of nitrogens with zero attached hydrogens (tertiary/aromatic N) is 2. The van der Waals surface area contributed by atoms with Crippen molar-refractivity contribution in [2.24, 2.45) is 0 Å². The fourth-order valence-corrected chi connectivity index (χ4v) is 2.65. The third-order valence-corrected chi connectivity index (χ3v) is 3.83. The molecule has 0 radical (unpaired) electrons. The van der Waals surface area contributed by atoms with E-state index >= 15 is 0 Å². The fraction of sp³-hybridized carbons (Fsp3) is 0.167. The number of aromatic nitrogens is 2. The average molecular weight is 404 g/mol. The van der Waals surface area contributed by atoms with E-state index in [-0.39, 0.29) is 6.04 Å². The van der Waals surface area contributed by atoms with Gasteiger partial charge < -0.3 is 5.32 Å². The van der Waals surface area contributed by atoms with Crippen LogP contribution in [0.3, 0.4) is 0 Å². The molecule has 0 spiro atoms. The zero-order valence-corrected chi connectivity index (χ0v) is 12.9. The number of halogens is 2. The lowest BCUT2D eigenvalue weighted by Crippen LogP contribution is -2.19. The molecule has 1 unspecified atom stereocenters. The molecule has 2 aromatic rings. The third-order valence-electron chi connectivity index (χ3n) is 2.44. The summed E-state index contributed by atoms with van der Waals surface area (Å²) in [6, 6.07) is 6.31. The molecule has 0 saturated heterocycles. The zero-order chi connectivity index (χ0) is 12.3. The molecule has 0 bridgehead atoms. The van der Waals surface area contributed by atoms with E-state index in [1.54, 1.807) is 18.6 Å². The van der Waals surface area contributed by atoms with Crippen LogP contribution < -0.4 is 5.32 Å². The first-order valence-corrected chi connectivity index (χ1v) is 6.97. The smallest absolute Gasteiger partial charge is 0.0801 e. The van der Waals surface area contributed by atoms with E-state index in [4.69, 9.17) is 0 Å². The Hall–Kier alpha value is -0.530. The molecular formula is C12H11BrIN3. The van der Waals surface area contributed by atoms with Crippen LogP contribution >= 0.6 is 38.5 Å². The summed E-state index contributed by atoms with van der Waals surface area (Å²) in [5, 5.41) is 3.27. The van der Waals surface area contributed by atoms with Gasteiger partial charge in [0.05, 0.1) is 17.9 Å². The van der Waals surface area contributed by atoms with Crippen LogP contribution in [0.4, 0.5) is 0 Å². The Labute approximate surface area is 122 Å². The lowest BCUT2D eigenvalue weighted by Gasteiger charge is -2.17. The quantitative estimate of drug-likeness (QED) is 0.800. The van der Waals surface area contributed by atoms with Crippen LogP contribution in [0, 0.1) is 3.57 Å². The largest absolute Gasteiger partial charge is 0.308 e. The van der Waals surface area contributed by atoms with Crippen molar-refractivity contribution in [1.82, 2.24) is 15.3 Å². The number of benzene rings is 1. The fourth-order valence-electron chi connectivity index (χ4n) is 1.66. The van der Waals surface area contributed by atoms with Crippen molar-refractivity contribution in [3.63, 3.8) is 0 Å². The van der Waals surface area contributed by atoms with Crippen molar-refractivity contribution in [3.05, 3.63) is 56.1 Å². The molecule has 2 rings (SSSR count). The highest BCUT2D eigenvalue weighted by molar-refractivity contribution is 14.1. The van der Waals surface area contributed by atoms with Crippen LogP contribution in [-0.4, -0.2) is 17.0 Å². The molecule has 1 aromatic carbocycles. The summed E-state index contributed by atoms with van der Waals surface area (Å²) in [6.45, 7) is 0. The second-order valence-electron chi connectivity index (χ2n) is 3.52. The van der Waals surface area contributed by atoms with Crippen molar-refractivity contribution in [3.8, 4) is 0 Å². The highest BCUT2D eigenvalue weighted by atomic mass is 127. The molecule has 17 heavy (non-hydrogen) atoms. The molecule has 3 nitrogen and oxygen atoms in total. The van der Waals surface area contributed by atoms with Crippen molar-refractivity contribution in [1.29, 1.82) is 0 Å². The first-order valence-electron chi connectivity index (χ1n) is 5.10. The summed E-state index contributed by atoms with van der Waals surface area (Å²) in [7, 11) is 1.92. The summed E-state index contributed by atoms with van der Waals surface area (Å²) >= 11 is 5.88. The number of nitrogens with one attached hydrogen (secondary N) is 1. The van der Waals surface area contributed by atoms with Gasteiger partial charge in [-0.1, -0.05) is 15.9 Å². The summed E-state index contributed by atoms with van der Waals surface area (Å²) in [4.78, 5) is 8.46. The van der Waals surface area contributed by atoms with E-state index in [9.17, 15) is 0 Å². The number of hydrogen-bond donors (Lipinski definition) is 1. The lowest BCUT2D eigenvalue weighted by atomic mass is 10.0. The number of rotatable bonds is 3. The molecule has 0 amide bonds. The summed E-state index contributed by atoms with van der Waals surface area (Å²) < 4.78 is 2.27. The van der Waals surface area contributed by atoms with Gasteiger partial charge in [-0.25, -0.2) is 0 Å². The van der Waals surface area contributed by atoms with Crippen molar-refractivity contribution < 1.29 is 0 Å². The van der Waals surface area contributed by atoms with Gasteiger partial charge in [-0.3, -0.25) is 9.97 Å². The molecule has 1 atom stereocenters. The third kappa shape index (κ3) is 3.02. The SMILES string of the molecule is CNC(c1cnccn1)c1cc(I)ccc1Br. The Morgan fingerprint density at radius 2 is 2.18 bits per heavy atom. The van der Waals surface area contributed by atoms with Crippen LogP contribution in [0.15, 0.2) is 41.3 Å². The van der Waals surface area contributed by atoms with E-state index in [0.717, 1.165) is 10.2 Å². The molecule has 1 N–H and O–H groups in total. The summed E-state index contributed by atoms with van der Waals surface area (Å²) in [5.41, 5.74) is 2.08. The zero-order valence-electron chi connectivity index (χ0n) is 9.19. The average Bonchev–Trinajstić information content (AvgIpc) is 2.36. The predicted octanol–water partition coefficient (Wildman–Crippen LogP) is 3.15. The molecule has 0 aliphatic heterocycles. The maximum absolute atomic E-state index is 4.35. The maximum Gasteiger partial charge on any atom is 0.0801 e. The van der Waals surface area contributed by atoms with Crippen molar-refractivity contribution >= 4 is 38.5 Å². The topological polar surface area (TPSA) is 37.8 Å². The molecule has 0 saturated carbocycles. The maximum atomic E-state index is 4.35. The Morgan fingerprint density at radius 1 is 1.35 bits per heavy atom. The minimum absolute atomic E-state index is 0.0489. The molecule has 0 aliphatic carbocycles. The Bertz CT molecular complexity index is 504. The summed E-state index contributed by atoms with van der Waals surface area (Å²) in [5.74, 6) is 0. The van der Waals surface area contributed by atoms with Crippen molar-refractivity contribution in [2.75, 3.05) is 7.05 Å². The van der Waals surface area contributed by atoms with Gasteiger partial charge in [0.2, 0.25) is 0 Å². The van der Waals surface area contributed by atoms with E-state index < -0.39 is 0 Å². The second kappa shape index (κ2) is 5.88. The van der Waals surface area contributed by atoms with E-state index in [0.29, 0.717) is 0 Å². The Morgan fingerprint density at radius 3 is 2.82 bits per heavy atom. The monoisotopic (exact) mass is 403 g/mol. The van der Waals surface area contributed by atoms with E-state index in [1.807, 2.05) is 7.05 Å². The molecular weight excluding hydrogens is 393 g/mol. The standard InChI is InChI=1S/C12H11BrIN3/c1-15-12(11-7-16-4-5-17-11)9-6-8(14)2-3-10(9)13/h2-7,12,15H,1H3. The second-order valence-corrected chi connectivity index (χ2v) is 5.62. The molecule has 5 heteroatoms. The van der Waals surface area contributed by atoms with Gasteiger partial charge >= 0.3 is 0 Å². The van der Waals surface area contributed by atoms with Gasteiger partial charge in [0.1, 0.15) is 0 Å². The molecule has 0 aliphatic rings.